The molecule has 124 valence electrons. The number of furan rings is 1. The lowest BCUT2D eigenvalue weighted by Gasteiger charge is -2.23. The van der Waals surface area contributed by atoms with Gasteiger partial charge in [-0.3, -0.25) is 4.90 Å². The predicted octanol–water partition coefficient (Wildman–Crippen LogP) is 4.69. The number of thioether (sulfide) groups is 1. The maximum Gasteiger partial charge on any atom is 0.160 e. The Labute approximate surface area is 142 Å². The smallest absolute Gasteiger partial charge is 0.160 e. The Hall–Kier alpha value is -1.33. The molecule has 1 atom stereocenters. The van der Waals surface area contributed by atoms with E-state index in [0.29, 0.717) is 0 Å². The van der Waals surface area contributed by atoms with Gasteiger partial charge in [-0.1, -0.05) is 31.0 Å². The molecular weight excluding hydrogens is 306 g/mol. The van der Waals surface area contributed by atoms with E-state index in [2.05, 4.69) is 41.0 Å². The van der Waals surface area contributed by atoms with Gasteiger partial charge in [0.2, 0.25) is 0 Å². The highest BCUT2D eigenvalue weighted by Crippen LogP contribution is 2.34. The van der Waals surface area contributed by atoms with E-state index >= 15 is 0 Å². The van der Waals surface area contributed by atoms with Crippen molar-refractivity contribution in [1.29, 1.82) is 0 Å². The second-order valence-corrected chi connectivity index (χ2v) is 7.63. The Morgan fingerprint density at radius 2 is 2.09 bits per heavy atom. The molecule has 3 rings (SSSR count). The van der Waals surface area contributed by atoms with Crippen molar-refractivity contribution >= 4 is 11.8 Å². The SMILES string of the molecule is C[C@H](c1ccncn1)N(C)Cc1ccc(SC2CCCCC2)o1. The van der Waals surface area contributed by atoms with Crippen LogP contribution in [0.2, 0.25) is 0 Å². The van der Waals surface area contributed by atoms with Crippen molar-refractivity contribution in [2.75, 3.05) is 7.05 Å². The van der Waals surface area contributed by atoms with Crippen LogP contribution < -0.4 is 0 Å². The minimum Gasteiger partial charge on any atom is -0.454 e. The maximum absolute atomic E-state index is 6.03. The molecule has 5 heteroatoms. The van der Waals surface area contributed by atoms with Crippen molar-refractivity contribution in [3.05, 3.63) is 42.2 Å². The van der Waals surface area contributed by atoms with Crippen molar-refractivity contribution in [2.45, 2.75) is 62.0 Å². The monoisotopic (exact) mass is 331 g/mol. The zero-order valence-corrected chi connectivity index (χ0v) is 14.8. The number of aromatic nitrogens is 2. The largest absolute Gasteiger partial charge is 0.454 e. The van der Waals surface area contributed by atoms with Gasteiger partial charge in [0.15, 0.2) is 5.09 Å². The molecule has 4 nitrogen and oxygen atoms in total. The molecule has 1 aliphatic rings. The highest BCUT2D eigenvalue weighted by atomic mass is 32.2. The summed E-state index contributed by atoms with van der Waals surface area (Å²) in [6.07, 6.45) is 10.2. The summed E-state index contributed by atoms with van der Waals surface area (Å²) in [7, 11) is 2.10. The summed E-state index contributed by atoms with van der Waals surface area (Å²) in [6, 6.07) is 6.43. The third-order valence-electron chi connectivity index (χ3n) is 4.57. The molecule has 0 spiro atoms. The number of hydrogen-bond acceptors (Lipinski definition) is 5. The highest BCUT2D eigenvalue weighted by Gasteiger charge is 2.18. The van der Waals surface area contributed by atoms with Crippen LogP contribution in [-0.4, -0.2) is 27.2 Å². The van der Waals surface area contributed by atoms with Crippen molar-refractivity contribution in [1.82, 2.24) is 14.9 Å². The van der Waals surface area contributed by atoms with E-state index in [1.807, 2.05) is 17.8 Å². The summed E-state index contributed by atoms with van der Waals surface area (Å²) in [5.41, 5.74) is 1.03. The van der Waals surface area contributed by atoms with Crippen molar-refractivity contribution in [2.24, 2.45) is 0 Å². The average Bonchev–Trinajstić information content (AvgIpc) is 3.02. The summed E-state index contributed by atoms with van der Waals surface area (Å²) in [4.78, 5) is 10.6. The molecule has 2 aromatic heterocycles. The Morgan fingerprint density at radius 3 is 2.83 bits per heavy atom. The normalized spacial score (nSPS) is 17.5. The Morgan fingerprint density at radius 1 is 1.26 bits per heavy atom. The fourth-order valence-corrected chi connectivity index (χ4v) is 4.21. The van der Waals surface area contributed by atoms with Gasteiger partial charge in [0.05, 0.1) is 12.2 Å². The van der Waals surface area contributed by atoms with Crippen LogP contribution in [0.5, 0.6) is 0 Å². The maximum atomic E-state index is 6.03. The molecular formula is C18H25N3OS. The fraction of sp³-hybridized carbons (Fsp3) is 0.556. The lowest BCUT2D eigenvalue weighted by atomic mass is 10.0. The average molecular weight is 331 g/mol. The summed E-state index contributed by atoms with van der Waals surface area (Å²) in [6.45, 7) is 2.94. The topological polar surface area (TPSA) is 42.2 Å². The van der Waals surface area contributed by atoms with Crippen LogP contribution in [0.3, 0.4) is 0 Å². The van der Waals surface area contributed by atoms with Crippen molar-refractivity contribution < 1.29 is 4.42 Å². The predicted molar refractivity (Wildman–Crippen MR) is 93.4 cm³/mol. The lowest BCUT2D eigenvalue weighted by molar-refractivity contribution is 0.223. The zero-order valence-electron chi connectivity index (χ0n) is 13.9. The van der Waals surface area contributed by atoms with E-state index in [1.54, 1.807) is 12.5 Å². The third kappa shape index (κ3) is 4.58. The molecule has 1 aliphatic carbocycles. The van der Waals surface area contributed by atoms with Gasteiger partial charge in [-0.05, 0) is 45.0 Å². The molecule has 0 bridgehead atoms. The fourth-order valence-electron chi connectivity index (χ4n) is 3.01. The summed E-state index contributed by atoms with van der Waals surface area (Å²) in [5, 5.41) is 1.80. The molecule has 0 N–H and O–H groups in total. The molecule has 2 heterocycles. The standard InChI is InChI=1S/C18H25N3OS/c1-14(17-10-11-19-13-20-17)21(2)12-15-8-9-18(22-15)23-16-6-4-3-5-7-16/h8-11,13-14,16H,3-7,12H2,1-2H3/t14-/m1/s1. The second kappa shape index (κ2) is 7.97. The minimum atomic E-state index is 0.234. The third-order valence-corrected chi connectivity index (χ3v) is 5.83. The molecule has 0 radical (unpaired) electrons. The van der Waals surface area contributed by atoms with E-state index < -0.39 is 0 Å². The van der Waals surface area contributed by atoms with E-state index in [-0.39, 0.29) is 6.04 Å². The molecule has 0 unspecified atom stereocenters. The van der Waals surface area contributed by atoms with Gasteiger partial charge < -0.3 is 4.42 Å². The molecule has 0 aliphatic heterocycles. The first-order chi connectivity index (χ1) is 11.2. The van der Waals surface area contributed by atoms with E-state index in [1.165, 1.54) is 32.1 Å². The lowest BCUT2D eigenvalue weighted by Crippen LogP contribution is -2.22. The van der Waals surface area contributed by atoms with Crippen molar-refractivity contribution in [3.8, 4) is 0 Å². The summed E-state index contributed by atoms with van der Waals surface area (Å²) >= 11 is 1.91. The van der Waals surface area contributed by atoms with E-state index in [0.717, 1.165) is 28.3 Å². The van der Waals surface area contributed by atoms with Gasteiger partial charge in [-0.25, -0.2) is 9.97 Å². The minimum absolute atomic E-state index is 0.234. The Balaban J connectivity index is 1.55. The molecule has 0 amide bonds. The van der Waals surface area contributed by atoms with Gasteiger partial charge in [-0.2, -0.15) is 0 Å². The first-order valence-corrected chi connectivity index (χ1v) is 9.32. The Bertz CT molecular complexity index is 595. The van der Waals surface area contributed by atoms with Crippen LogP contribution in [0, 0.1) is 0 Å². The van der Waals surface area contributed by atoms with Gasteiger partial charge in [0.25, 0.3) is 0 Å². The number of nitrogens with zero attached hydrogens (tertiary/aromatic N) is 3. The van der Waals surface area contributed by atoms with Gasteiger partial charge in [0.1, 0.15) is 12.1 Å². The zero-order chi connectivity index (χ0) is 16.1. The van der Waals surface area contributed by atoms with Gasteiger partial charge in [-0.15, -0.1) is 0 Å². The van der Waals surface area contributed by atoms with E-state index in [9.17, 15) is 0 Å². The second-order valence-electron chi connectivity index (χ2n) is 6.32. The van der Waals surface area contributed by atoms with Crippen LogP contribution in [0.15, 0.2) is 40.2 Å². The first-order valence-electron chi connectivity index (χ1n) is 8.44. The Kier molecular flexibility index (Phi) is 5.73. The van der Waals surface area contributed by atoms with E-state index in [4.69, 9.17) is 4.42 Å². The highest BCUT2D eigenvalue weighted by molar-refractivity contribution is 7.99. The number of rotatable bonds is 6. The van der Waals surface area contributed by atoms with Crippen LogP contribution in [0.1, 0.15) is 56.5 Å². The summed E-state index contributed by atoms with van der Waals surface area (Å²) in [5.74, 6) is 1.02. The summed E-state index contributed by atoms with van der Waals surface area (Å²) < 4.78 is 6.03. The first kappa shape index (κ1) is 16.5. The quantitative estimate of drug-likeness (QED) is 0.768. The van der Waals surface area contributed by atoms with Crippen LogP contribution >= 0.6 is 11.8 Å². The number of hydrogen-bond donors (Lipinski definition) is 0. The van der Waals surface area contributed by atoms with Gasteiger partial charge >= 0.3 is 0 Å². The molecule has 0 aromatic carbocycles. The molecule has 1 saturated carbocycles. The van der Waals surface area contributed by atoms with Crippen LogP contribution in [-0.2, 0) is 6.54 Å². The van der Waals surface area contributed by atoms with Crippen molar-refractivity contribution in [3.63, 3.8) is 0 Å². The van der Waals surface area contributed by atoms with Crippen LogP contribution in [0.4, 0.5) is 0 Å². The molecule has 23 heavy (non-hydrogen) atoms. The molecule has 2 aromatic rings. The van der Waals surface area contributed by atoms with Crippen LogP contribution in [0.25, 0.3) is 0 Å². The molecule has 0 saturated heterocycles. The molecule has 1 fully saturated rings. The van der Waals surface area contributed by atoms with Gasteiger partial charge in [0, 0.05) is 17.5 Å².